The molecule has 0 amide bonds. The van der Waals surface area contributed by atoms with E-state index in [1.165, 1.54) is 6.42 Å². The molecule has 6 nitrogen and oxygen atoms in total. The summed E-state index contributed by atoms with van der Waals surface area (Å²) in [4.78, 5) is 4.36. The van der Waals surface area contributed by atoms with E-state index in [1.807, 2.05) is 0 Å². The number of aliphatic hydroxyl groups excluding tert-OH is 1. The van der Waals surface area contributed by atoms with Gasteiger partial charge in [-0.05, 0) is 31.1 Å². The molecule has 0 bridgehead atoms. The first kappa shape index (κ1) is 23.9. The SMILES string of the molecule is CN=C(NCC1CCCOC1C(C)(C)C)NCC1(CCO)CCOC1.I. The zero-order valence-electron chi connectivity index (χ0n) is 16.8. The predicted octanol–water partition coefficient (Wildman–Crippen LogP) is 2.40. The lowest BCUT2D eigenvalue weighted by molar-refractivity contribution is -0.0835. The Morgan fingerprint density at radius 3 is 2.62 bits per heavy atom. The fourth-order valence-electron chi connectivity index (χ4n) is 4.04. The van der Waals surface area contributed by atoms with Crippen LogP contribution in [0.1, 0.15) is 46.5 Å². The van der Waals surface area contributed by atoms with Crippen LogP contribution in [0.3, 0.4) is 0 Å². The van der Waals surface area contributed by atoms with Crippen LogP contribution in [0.15, 0.2) is 4.99 Å². The molecule has 3 unspecified atom stereocenters. The third-order valence-electron chi connectivity index (χ3n) is 5.51. The zero-order chi connectivity index (χ0) is 18.3. The monoisotopic (exact) mass is 483 g/mol. The summed E-state index contributed by atoms with van der Waals surface area (Å²) in [7, 11) is 1.80. The molecule has 0 aromatic rings. The number of hydrogen-bond donors (Lipinski definition) is 3. The van der Waals surface area contributed by atoms with Gasteiger partial charge in [0.1, 0.15) is 0 Å². The maximum absolute atomic E-state index is 9.35. The lowest BCUT2D eigenvalue weighted by Gasteiger charge is -2.40. The number of nitrogens with zero attached hydrogens (tertiary/aromatic N) is 1. The topological polar surface area (TPSA) is 75.1 Å². The minimum Gasteiger partial charge on any atom is -0.396 e. The van der Waals surface area contributed by atoms with Crippen LogP contribution in [0.25, 0.3) is 0 Å². The molecule has 0 spiro atoms. The summed E-state index contributed by atoms with van der Waals surface area (Å²) >= 11 is 0. The number of ether oxygens (including phenoxy) is 2. The molecule has 2 aliphatic rings. The number of guanidine groups is 1. The number of rotatable bonds is 6. The molecule has 2 heterocycles. The van der Waals surface area contributed by atoms with Gasteiger partial charge in [0.25, 0.3) is 0 Å². The van der Waals surface area contributed by atoms with Gasteiger partial charge >= 0.3 is 0 Å². The number of aliphatic hydroxyl groups is 1. The lowest BCUT2D eigenvalue weighted by Crippen LogP contribution is -2.49. The van der Waals surface area contributed by atoms with Crippen molar-refractivity contribution in [3.8, 4) is 0 Å². The first-order valence-corrected chi connectivity index (χ1v) is 9.65. The largest absolute Gasteiger partial charge is 0.396 e. The fourth-order valence-corrected chi connectivity index (χ4v) is 4.04. The summed E-state index contributed by atoms with van der Waals surface area (Å²) in [6, 6.07) is 0. The highest BCUT2D eigenvalue weighted by Crippen LogP contribution is 2.34. The van der Waals surface area contributed by atoms with Crippen molar-refractivity contribution in [1.29, 1.82) is 0 Å². The van der Waals surface area contributed by atoms with Gasteiger partial charge < -0.3 is 25.2 Å². The Bertz CT molecular complexity index is 434. The predicted molar refractivity (Wildman–Crippen MR) is 116 cm³/mol. The van der Waals surface area contributed by atoms with Crippen LogP contribution in [-0.2, 0) is 9.47 Å². The normalized spacial score (nSPS) is 30.0. The molecule has 2 aliphatic heterocycles. The average molecular weight is 483 g/mol. The van der Waals surface area contributed by atoms with Gasteiger partial charge in [-0.15, -0.1) is 24.0 Å². The van der Waals surface area contributed by atoms with Gasteiger partial charge in [-0.1, -0.05) is 20.8 Å². The van der Waals surface area contributed by atoms with E-state index in [0.29, 0.717) is 12.5 Å². The number of hydrogen-bond acceptors (Lipinski definition) is 4. The molecule has 2 saturated heterocycles. The first-order chi connectivity index (χ1) is 11.9. The van der Waals surface area contributed by atoms with Crippen LogP contribution in [0.4, 0.5) is 0 Å². The van der Waals surface area contributed by atoms with Crippen molar-refractivity contribution in [2.75, 3.05) is 46.6 Å². The van der Waals surface area contributed by atoms with Crippen molar-refractivity contribution in [2.24, 2.45) is 21.7 Å². The summed E-state index contributed by atoms with van der Waals surface area (Å²) in [5, 5.41) is 16.3. The molecule has 2 fully saturated rings. The van der Waals surface area contributed by atoms with E-state index in [9.17, 15) is 5.11 Å². The van der Waals surface area contributed by atoms with E-state index < -0.39 is 0 Å². The molecular weight excluding hydrogens is 445 g/mol. The van der Waals surface area contributed by atoms with Gasteiger partial charge in [-0.25, -0.2) is 0 Å². The highest BCUT2D eigenvalue weighted by Gasteiger charge is 2.36. The zero-order valence-corrected chi connectivity index (χ0v) is 19.2. The van der Waals surface area contributed by atoms with Crippen molar-refractivity contribution < 1.29 is 14.6 Å². The van der Waals surface area contributed by atoms with E-state index in [0.717, 1.165) is 51.5 Å². The Morgan fingerprint density at radius 1 is 1.27 bits per heavy atom. The second-order valence-corrected chi connectivity index (χ2v) is 8.64. The molecule has 3 N–H and O–H groups in total. The molecule has 154 valence electrons. The van der Waals surface area contributed by atoms with Crippen molar-refractivity contribution >= 4 is 29.9 Å². The van der Waals surface area contributed by atoms with Crippen molar-refractivity contribution in [1.82, 2.24) is 10.6 Å². The van der Waals surface area contributed by atoms with Crippen molar-refractivity contribution in [2.45, 2.75) is 52.6 Å². The molecule has 26 heavy (non-hydrogen) atoms. The molecule has 0 radical (unpaired) electrons. The van der Waals surface area contributed by atoms with Gasteiger partial charge in [0.05, 0.1) is 12.7 Å². The highest BCUT2D eigenvalue weighted by atomic mass is 127. The Balaban J connectivity index is 0.00000338. The van der Waals surface area contributed by atoms with Gasteiger partial charge in [0.2, 0.25) is 0 Å². The van der Waals surface area contributed by atoms with E-state index in [-0.39, 0.29) is 47.5 Å². The standard InChI is InChI=1S/C19H37N3O3.HI/c1-18(2,3)16-15(6-5-10-25-16)12-21-17(20-4)22-13-19(7-9-23)8-11-24-14-19;/h15-16,23H,5-14H2,1-4H3,(H2,20,21,22);1H. The minimum absolute atomic E-state index is 0. The van der Waals surface area contributed by atoms with Crippen LogP contribution >= 0.6 is 24.0 Å². The Morgan fingerprint density at radius 2 is 2.04 bits per heavy atom. The number of halogens is 1. The number of nitrogens with one attached hydrogen (secondary N) is 2. The first-order valence-electron chi connectivity index (χ1n) is 9.65. The molecule has 2 rings (SSSR count). The van der Waals surface area contributed by atoms with Crippen LogP contribution in [0.2, 0.25) is 0 Å². The summed E-state index contributed by atoms with van der Waals surface area (Å²) in [5.41, 5.74) is 0.171. The molecule has 0 saturated carbocycles. The molecular formula is C19H38IN3O3. The van der Waals surface area contributed by atoms with E-state index in [1.54, 1.807) is 7.05 Å². The number of aliphatic imine (C=N–C) groups is 1. The Labute approximate surface area is 175 Å². The van der Waals surface area contributed by atoms with Crippen molar-refractivity contribution in [3.63, 3.8) is 0 Å². The average Bonchev–Trinajstić information content (AvgIpc) is 3.03. The summed E-state index contributed by atoms with van der Waals surface area (Å²) in [6.07, 6.45) is 4.34. The molecule has 3 atom stereocenters. The summed E-state index contributed by atoms with van der Waals surface area (Å²) in [5.74, 6) is 1.32. The third kappa shape index (κ3) is 6.80. The molecule has 0 aromatic heterocycles. The second kappa shape index (κ2) is 11.0. The Kier molecular flexibility index (Phi) is 10.1. The summed E-state index contributed by atoms with van der Waals surface area (Å²) < 4.78 is 11.6. The maximum atomic E-state index is 9.35. The third-order valence-corrected chi connectivity index (χ3v) is 5.51. The highest BCUT2D eigenvalue weighted by molar-refractivity contribution is 14.0. The van der Waals surface area contributed by atoms with E-state index in [4.69, 9.17) is 9.47 Å². The van der Waals surface area contributed by atoms with Gasteiger partial charge in [-0.2, -0.15) is 0 Å². The van der Waals surface area contributed by atoms with Crippen LogP contribution < -0.4 is 10.6 Å². The van der Waals surface area contributed by atoms with Gasteiger partial charge in [0, 0.05) is 51.3 Å². The second-order valence-electron chi connectivity index (χ2n) is 8.64. The molecule has 0 aromatic carbocycles. The van der Waals surface area contributed by atoms with E-state index >= 15 is 0 Å². The van der Waals surface area contributed by atoms with E-state index in [2.05, 4.69) is 36.4 Å². The van der Waals surface area contributed by atoms with Crippen LogP contribution in [-0.4, -0.2) is 63.7 Å². The van der Waals surface area contributed by atoms with Crippen LogP contribution in [0.5, 0.6) is 0 Å². The van der Waals surface area contributed by atoms with Gasteiger partial charge in [0.15, 0.2) is 5.96 Å². The quantitative estimate of drug-likeness (QED) is 0.308. The Hall–Kier alpha value is -0.120. The molecule has 0 aliphatic carbocycles. The van der Waals surface area contributed by atoms with Gasteiger partial charge in [-0.3, -0.25) is 4.99 Å². The summed E-state index contributed by atoms with van der Waals surface area (Å²) in [6.45, 7) is 11.0. The minimum atomic E-state index is 0. The lowest BCUT2D eigenvalue weighted by atomic mass is 9.78. The smallest absolute Gasteiger partial charge is 0.191 e. The van der Waals surface area contributed by atoms with Crippen LogP contribution in [0, 0.1) is 16.7 Å². The fraction of sp³-hybridized carbons (Fsp3) is 0.947. The van der Waals surface area contributed by atoms with Crippen molar-refractivity contribution in [3.05, 3.63) is 0 Å². The maximum Gasteiger partial charge on any atom is 0.191 e. The molecule has 7 heteroatoms.